The number of H-pyrrole nitrogens is 1. The standard InChI is InChI=1S/C15H16N8O2S2/c1-27(24)21-10-4-2-9(3-5-10)11-6-7-12(25-11)14-16-15(20-19-14)26-8-13-17-22-23-18-13/h2-7,21-23H,8H2,1H3,(H,17,18)(H,16,19,20). The molecule has 10 nitrogen and oxygen atoms in total. The van der Waals surface area contributed by atoms with E-state index in [4.69, 9.17) is 4.42 Å². The van der Waals surface area contributed by atoms with Crippen LogP contribution in [0.5, 0.6) is 0 Å². The van der Waals surface area contributed by atoms with E-state index < -0.39 is 11.0 Å². The zero-order chi connectivity index (χ0) is 18.6. The molecular formula is C15H16N8O2S2. The van der Waals surface area contributed by atoms with Crippen molar-refractivity contribution in [1.29, 1.82) is 0 Å². The molecule has 0 amide bonds. The maximum atomic E-state index is 11.2. The maximum Gasteiger partial charge on any atom is 0.209 e. The molecule has 0 aliphatic carbocycles. The molecule has 1 unspecified atom stereocenters. The maximum absolute atomic E-state index is 11.2. The van der Waals surface area contributed by atoms with Gasteiger partial charge in [0.05, 0.1) is 5.75 Å². The van der Waals surface area contributed by atoms with Crippen molar-refractivity contribution in [3.63, 3.8) is 0 Å². The highest BCUT2D eigenvalue weighted by Gasteiger charge is 2.13. The van der Waals surface area contributed by atoms with Gasteiger partial charge in [-0.25, -0.2) is 9.74 Å². The molecule has 2 aromatic heterocycles. The minimum atomic E-state index is -1.10. The van der Waals surface area contributed by atoms with Crippen LogP contribution in [-0.2, 0) is 11.0 Å². The Hall–Kier alpha value is -2.83. The first-order valence-corrected chi connectivity index (χ1v) is 10.4. The number of hydrazine groups is 2. The molecule has 1 aliphatic heterocycles. The molecule has 0 saturated carbocycles. The number of amidine groups is 1. The predicted molar refractivity (Wildman–Crippen MR) is 105 cm³/mol. The van der Waals surface area contributed by atoms with Gasteiger partial charge in [0, 0.05) is 17.5 Å². The summed E-state index contributed by atoms with van der Waals surface area (Å²) in [5, 5.41) is 11.7. The lowest BCUT2D eigenvalue weighted by Crippen LogP contribution is -2.35. The highest BCUT2D eigenvalue weighted by Crippen LogP contribution is 2.28. The zero-order valence-corrected chi connectivity index (χ0v) is 15.8. The lowest BCUT2D eigenvalue weighted by atomic mass is 10.1. The number of aromatic amines is 1. The number of thioether (sulfide) groups is 1. The second-order valence-electron chi connectivity index (χ2n) is 5.47. The summed E-state index contributed by atoms with van der Waals surface area (Å²) in [6.07, 6.45) is 1.59. The fourth-order valence-corrected chi connectivity index (χ4v) is 3.47. The second-order valence-corrected chi connectivity index (χ2v) is 7.53. The van der Waals surface area contributed by atoms with Gasteiger partial charge in [-0.3, -0.25) is 10.5 Å². The molecule has 12 heteroatoms. The van der Waals surface area contributed by atoms with Crippen molar-refractivity contribution >= 4 is 34.3 Å². The van der Waals surface area contributed by atoms with Crippen LogP contribution in [0, 0.1) is 0 Å². The number of nitrogens with zero attached hydrogens (tertiary/aromatic N) is 3. The number of hydrogen-bond donors (Lipinski definition) is 5. The number of benzene rings is 1. The molecule has 1 aromatic carbocycles. The fourth-order valence-electron chi connectivity index (χ4n) is 2.33. The van der Waals surface area contributed by atoms with Crippen LogP contribution >= 0.6 is 11.8 Å². The normalized spacial score (nSPS) is 14.3. The van der Waals surface area contributed by atoms with Crippen LogP contribution < -0.4 is 21.2 Å². The van der Waals surface area contributed by atoms with Gasteiger partial charge >= 0.3 is 0 Å². The number of aromatic nitrogens is 3. The van der Waals surface area contributed by atoms with Gasteiger partial charge in [0.15, 0.2) is 11.6 Å². The van der Waals surface area contributed by atoms with Crippen molar-refractivity contribution in [2.75, 3.05) is 16.7 Å². The van der Waals surface area contributed by atoms with Crippen LogP contribution in [0.4, 0.5) is 5.69 Å². The monoisotopic (exact) mass is 404 g/mol. The molecule has 0 bridgehead atoms. The van der Waals surface area contributed by atoms with E-state index in [2.05, 4.69) is 41.5 Å². The van der Waals surface area contributed by atoms with Crippen molar-refractivity contribution in [3.8, 4) is 22.9 Å². The highest BCUT2D eigenvalue weighted by molar-refractivity contribution is 7.99. The number of rotatable bonds is 7. The summed E-state index contributed by atoms with van der Waals surface area (Å²) in [5.74, 6) is 3.23. The lowest BCUT2D eigenvalue weighted by Gasteiger charge is -2.03. The summed E-state index contributed by atoms with van der Waals surface area (Å²) in [5.41, 5.74) is 9.83. The number of nitrogens with one attached hydrogen (secondary N) is 5. The molecule has 0 saturated heterocycles. The summed E-state index contributed by atoms with van der Waals surface area (Å²) in [6, 6.07) is 11.2. The summed E-state index contributed by atoms with van der Waals surface area (Å²) >= 11 is 1.44. The SMILES string of the molecule is CS(=O)Nc1ccc(-c2ccc(-c3nc(SCC4=NNNN4)n[nH]3)o2)cc1. The van der Waals surface area contributed by atoms with Gasteiger partial charge in [0.2, 0.25) is 5.16 Å². The molecule has 1 aliphatic rings. The van der Waals surface area contributed by atoms with Crippen molar-refractivity contribution in [1.82, 2.24) is 31.7 Å². The van der Waals surface area contributed by atoms with Gasteiger partial charge in [-0.2, -0.15) is 4.98 Å². The Morgan fingerprint density at radius 2 is 2.00 bits per heavy atom. The third kappa shape index (κ3) is 4.30. The second kappa shape index (κ2) is 7.82. The molecule has 0 fully saturated rings. The minimum absolute atomic E-state index is 0.556. The quantitative estimate of drug-likeness (QED) is 0.374. The van der Waals surface area contributed by atoms with Crippen molar-refractivity contribution < 1.29 is 8.63 Å². The van der Waals surface area contributed by atoms with Crippen molar-refractivity contribution in [2.24, 2.45) is 5.10 Å². The number of furan rings is 1. The third-order valence-electron chi connectivity index (χ3n) is 3.53. The molecular weight excluding hydrogens is 388 g/mol. The van der Waals surface area contributed by atoms with Gasteiger partial charge in [0.1, 0.15) is 22.6 Å². The highest BCUT2D eigenvalue weighted by atomic mass is 32.2. The van der Waals surface area contributed by atoms with Crippen LogP contribution in [-0.4, -0.2) is 37.2 Å². The summed E-state index contributed by atoms with van der Waals surface area (Å²) < 4.78 is 19.9. The first-order chi connectivity index (χ1) is 13.2. The Morgan fingerprint density at radius 1 is 1.19 bits per heavy atom. The van der Waals surface area contributed by atoms with E-state index in [1.165, 1.54) is 11.8 Å². The van der Waals surface area contributed by atoms with Gasteiger partial charge in [-0.15, -0.1) is 15.7 Å². The molecule has 0 spiro atoms. The van der Waals surface area contributed by atoms with Crippen LogP contribution in [0.2, 0.25) is 0 Å². The first kappa shape index (κ1) is 17.6. The zero-order valence-electron chi connectivity index (χ0n) is 14.1. The van der Waals surface area contributed by atoms with E-state index >= 15 is 0 Å². The van der Waals surface area contributed by atoms with E-state index in [0.29, 0.717) is 28.3 Å². The number of anilines is 1. The third-order valence-corrected chi connectivity index (χ3v) is 4.91. The van der Waals surface area contributed by atoms with Gasteiger partial charge in [-0.05, 0) is 36.4 Å². The average molecular weight is 404 g/mol. The molecule has 0 radical (unpaired) electrons. The lowest BCUT2D eigenvalue weighted by molar-refractivity contribution is 0.577. The fraction of sp³-hybridized carbons (Fsp3) is 0.133. The largest absolute Gasteiger partial charge is 0.453 e. The Morgan fingerprint density at radius 3 is 2.74 bits per heavy atom. The Kier molecular flexibility index (Phi) is 5.09. The molecule has 140 valence electrons. The van der Waals surface area contributed by atoms with Gasteiger partial charge < -0.3 is 9.14 Å². The topological polar surface area (TPSA) is 132 Å². The van der Waals surface area contributed by atoms with E-state index in [9.17, 15) is 4.21 Å². The van der Waals surface area contributed by atoms with Gasteiger partial charge in [0.25, 0.3) is 0 Å². The van der Waals surface area contributed by atoms with E-state index in [0.717, 1.165) is 17.1 Å². The van der Waals surface area contributed by atoms with E-state index in [1.807, 2.05) is 36.4 Å². The number of hydrogen-bond acceptors (Lipinski definition) is 9. The Balaban J connectivity index is 1.43. The van der Waals surface area contributed by atoms with Crippen LogP contribution in [0.25, 0.3) is 22.9 Å². The van der Waals surface area contributed by atoms with E-state index in [1.54, 1.807) is 6.26 Å². The molecule has 4 rings (SSSR count). The Labute approximate surface area is 161 Å². The number of hydrazone groups is 1. The van der Waals surface area contributed by atoms with E-state index in [-0.39, 0.29) is 0 Å². The van der Waals surface area contributed by atoms with Gasteiger partial charge in [-0.1, -0.05) is 11.8 Å². The predicted octanol–water partition coefficient (Wildman–Crippen LogP) is 1.46. The molecule has 27 heavy (non-hydrogen) atoms. The minimum Gasteiger partial charge on any atom is -0.453 e. The summed E-state index contributed by atoms with van der Waals surface area (Å²) in [4.78, 5) is 4.43. The molecule has 3 aromatic rings. The molecule has 1 atom stereocenters. The average Bonchev–Trinajstić information content (AvgIpc) is 3.40. The Bertz CT molecular complexity index is 982. The van der Waals surface area contributed by atoms with Crippen LogP contribution in [0.3, 0.4) is 0 Å². The summed E-state index contributed by atoms with van der Waals surface area (Å²) in [7, 11) is -1.10. The molecule has 3 heterocycles. The van der Waals surface area contributed by atoms with Crippen LogP contribution in [0.15, 0.2) is 51.1 Å². The van der Waals surface area contributed by atoms with Crippen LogP contribution in [0.1, 0.15) is 0 Å². The van der Waals surface area contributed by atoms with Crippen molar-refractivity contribution in [3.05, 3.63) is 36.4 Å². The van der Waals surface area contributed by atoms with Crippen molar-refractivity contribution in [2.45, 2.75) is 5.16 Å². The first-order valence-electron chi connectivity index (χ1n) is 7.86. The molecule has 5 N–H and O–H groups in total. The smallest absolute Gasteiger partial charge is 0.209 e. The summed E-state index contributed by atoms with van der Waals surface area (Å²) in [6.45, 7) is 0.